The summed E-state index contributed by atoms with van der Waals surface area (Å²) in [6.45, 7) is 6.33. The van der Waals surface area contributed by atoms with Crippen molar-refractivity contribution in [3.05, 3.63) is 47.2 Å². The highest BCUT2D eigenvalue weighted by molar-refractivity contribution is 6.03. The van der Waals surface area contributed by atoms with E-state index in [1.165, 1.54) is 24.3 Å². The van der Waals surface area contributed by atoms with Gasteiger partial charge in [-0.05, 0) is 67.3 Å². The number of aromatic nitrogens is 3. The molecular formula is C30H28F2N4O2. The number of rotatable bonds is 6. The first-order valence-electron chi connectivity index (χ1n) is 13.2. The van der Waals surface area contributed by atoms with E-state index < -0.39 is 11.6 Å². The Hall–Kier alpha value is -3.70. The number of phenolic OH excluding ortho intramolecular Hbond substituents is 1. The number of hydrogen-bond acceptors (Lipinski definition) is 5. The van der Waals surface area contributed by atoms with Gasteiger partial charge in [0.25, 0.3) is 0 Å². The van der Waals surface area contributed by atoms with Crippen LogP contribution in [0.2, 0.25) is 0 Å². The summed E-state index contributed by atoms with van der Waals surface area (Å²) in [5, 5.41) is 20.4. The van der Waals surface area contributed by atoms with Crippen LogP contribution in [0, 0.1) is 41.7 Å². The number of hydrogen-bond donors (Lipinski definition) is 2. The summed E-state index contributed by atoms with van der Waals surface area (Å²) in [6.07, 6.45) is 7.54. The number of pyridine rings is 1. The molecule has 1 saturated heterocycles. The summed E-state index contributed by atoms with van der Waals surface area (Å²) in [6, 6.07) is 5.76. The molecule has 3 fully saturated rings. The minimum Gasteiger partial charge on any atom is -0.508 e. The number of nitrogens with zero attached hydrogens (tertiary/aromatic N) is 3. The van der Waals surface area contributed by atoms with Crippen molar-refractivity contribution in [2.75, 3.05) is 19.7 Å². The van der Waals surface area contributed by atoms with E-state index in [1.54, 1.807) is 0 Å². The molecule has 7 rings (SSSR count). The molecule has 0 radical (unpaired) electrons. The molecule has 1 unspecified atom stereocenters. The number of fused-ring (bicyclic) bond motifs is 3. The SMILES string of the molecule is C#Cc1c(F)ccc2cc(O)cc(-c3nc(OCC(C)C)c4c(C5[C@H]6CNC[C@@H]56)nn(C5CC5)c4c3F)c12. The average Bonchev–Trinajstić information content (AvgIpc) is 3.77. The van der Waals surface area contributed by atoms with Gasteiger partial charge in [-0.3, -0.25) is 4.68 Å². The molecule has 3 atom stereocenters. The highest BCUT2D eigenvalue weighted by Gasteiger charge is 2.56. The number of benzene rings is 2. The van der Waals surface area contributed by atoms with Crippen LogP contribution in [0.1, 0.15) is 49.9 Å². The molecule has 2 aromatic heterocycles. The smallest absolute Gasteiger partial charge is 0.225 e. The molecule has 2 N–H and O–H groups in total. The molecule has 0 bridgehead atoms. The lowest BCUT2D eigenvalue weighted by Gasteiger charge is -2.15. The monoisotopic (exact) mass is 514 g/mol. The molecule has 2 aromatic carbocycles. The summed E-state index contributed by atoms with van der Waals surface area (Å²) < 4.78 is 39.6. The van der Waals surface area contributed by atoms with Crippen molar-refractivity contribution in [2.45, 2.75) is 38.6 Å². The van der Waals surface area contributed by atoms with E-state index in [1.807, 2.05) is 18.5 Å². The molecule has 8 heteroatoms. The zero-order chi connectivity index (χ0) is 26.3. The second kappa shape index (κ2) is 8.40. The van der Waals surface area contributed by atoms with Gasteiger partial charge in [0.15, 0.2) is 5.82 Å². The third-order valence-corrected chi connectivity index (χ3v) is 8.09. The third-order valence-electron chi connectivity index (χ3n) is 8.09. The van der Waals surface area contributed by atoms with Gasteiger partial charge in [0.2, 0.25) is 5.88 Å². The minimum absolute atomic E-state index is 0.00172. The van der Waals surface area contributed by atoms with E-state index >= 15 is 4.39 Å². The first-order chi connectivity index (χ1) is 18.4. The molecule has 1 aliphatic heterocycles. The number of nitrogens with one attached hydrogen (secondary N) is 1. The Morgan fingerprint density at radius 3 is 2.63 bits per heavy atom. The second-order valence-electron chi connectivity index (χ2n) is 11.2. The van der Waals surface area contributed by atoms with Crippen LogP contribution in [0.3, 0.4) is 0 Å². The highest BCUT2D eigenvalue weighted by Crippen LogP contribution is 2.58. The van der Waals surface area contributed by atoms with Crippen LogP contribution < -0.4 is 10.1 Å². The van der Waals surface area contributed by atoms with Crippen LogP contribution in [-0.4, -0.2) is 39.6 Å². The molecule has 3 aliphatic rings. The average molecular weight is 515 g/mol. The summed E-state index contributed by atoms with van der Waals surface area (Å²) >= 11 is 0. The van der Waals surface area contributed by atoms with E-state index in [4.69, 9.17) is 21.2 Å². The van der Waals surface area contributed by atoms with Gasteiger partial charge >= 0.3 is 0 Å². The number of phenols is 1. The zero-order valence-corrected chi connectivity index (χ0v) is 21.3. The molecule has 4 aromatic rings. The highest BCUT2D eigenvalue weighted by atomic mass is 19.1. The summed E-state index contributed by atoms with van der Waals surface area (Å²) in [7, 11) is 0. The van der Waals surface area contributed by atoms with Crippen molar-refractivity contribution in [1.29, 1.82) is 0 Å². The maximum Gasteiger partial charge on any atom is 0.225 e. The molecule has 0 spiro atoms. The lowest BCUT2D eigenvalue weighted by atomic mass is 9.95. The first kappa shape index (κ1) is 23.4. The predicted molar refractivity (Wildman–Crippen MR) is 141 cm³/mol. The summed E-state index contributed by atoms with van der Waals surface area (Å²) in [4.78, 5) is 4.73. The van der Waals surface area contributed by atoms with Crippen molar-refractivity contribution in [2.24, 2.45) is 17.8 Å². The molecule has 38 heavy (non-hydrogen) atoms. The Balaban J connectivity index is 1.54. The van der Waals surface area contributed by atoms with Crippen LogP contribution in [0.25, 0.3) is 32.9 Å². The van der Waals surface area contributed by atoms with Crippen molar-refractivity contribution < 1.29 is 18.6 Å². The maximum atomic E-state index is 16.7. The largest absolute Gasteiger partial charge is 0.508 e. The van der Waals surface area contributed by atoms with E-state index in [9.17, 15) is 9.50 Å². The second-order valence-corrected chi connectivity index (χ2v) is 11.2. The standard InChI is InChI=1S/C30H28F2N4O2/c1-4-18-22(31)8-5-15-9-17(37)10-19(23(15)18)27-26(32)29-25(30(34-27)38-13-14(2)3)28(35-36(29)16-6-7-16)24-20-11-33-12-21(20)24/h1,5,8-10,14,16,20-21,24,33,37H,6-7,11-13H2,2-3H3/t20-,21+,24?. The van der Waals surface area contributed by atoms with Crippen molar-refractivity contribution in [3.8, 4) is 35.2 Å². The summed E-state index contributed by atoms with van der Waals surface area (Å²) in [5.74, 6) is 2.91. The lowest BCUT2D eigenvalue weighted by molar-refractivity contribution is 0.264. The van der Waals surface area contributed by atoms with Crippen molar-refractivity contribution in [3.63, 3.8) is 0 Å². The van der Waals surface area contributed by atoms with Crippen molar-refractivity contribution >= 4 is 21.7 Å². The third kappa shape index (κ3) is 3.48. The quantitative estimate of drug-likeness (QED) is 0.332. The number of terminal acetylenes is 1. The Kier molecular flexibility index (Phi) is 5.18. The van der Waals surface area contributed by atoms with Crippen LogP contribution in [0.5, 0.6) is 11.6 Å². The van der Waals surface area contributed by atoms with Gasteiger partial charge in [0, 0.05) is 16.9 Å². The van der Waals surface area contributed by atoms with E-state index in [0.717, 1.165) is 31.6 Å². The van der Waals surface area contributed by atoms with Gasteiger partial charge in [-0.25, -0.2) is 13.8 Å². The Bertz CT molecular complexity index is 1660. The van der Waals surface area contributed by atoms with Crippen LogP contribution in [-0.2, 0) is 0 Å². The number of piperidine rings is 1. The van der Waals surface area contributed by atoms with Crippen LogP contribution in [0.15, 0.2) is 24.3 Å². The van der Waals surface area contributed by atoms with E-state index in [-0.39, 0.29) is 40.4 Å². The fourth-order valence-electron chi connectivity index (χ4n) is 6.11. The zero-order valence-electron chi connectivity index (χ0n) is 21.3. The normalized spacial score (nSPS) is 22.3. The minimum atomic E-state index is -0.594. The van der Waals surface area contributed by atoms with Gasteiger partial charge in [-0.1, -0.05) is 25.8 Å². The van der Waals surface area contributed by atoms with Gasteiger partial charge in [0.1, 0.15) is 22.8 Å². The van der Waals surface area contributed by atoms with Gasteiger partial charge in [-0.15, -0.1) is 6.42 Å². The summed E-state index contributed by atoms with van der Waals surface area (Å²) in [5.41, 5.74) is 1.40. The van der Waals surface area contributed by atoms with Crippen LogP contribution >= 0.6 is 0 Å². The molecular weight excluding hydrogens is 486 g/mol. The van der Waals surface area contributed by atoms with Crippen molar-refractivity contribution in [1.82, 2.24) is 20.1 Å². The molecule has 2 aliphatic carbocycles. The molecule has 3 heterocycles. The number of ether oxygens (including phenoxy) is 1. The van der Waals surface area contributed by atoms with Gasteiger partial charge in [0.05, 0.1) is 29.3 Å². The van der Waals surface area contributed by atoms with E-state index in [0.29, 0.717) is 46.0 Å². The van der Waals surface area contributed by atoms with E-state index in [2.05, 4.69) is 11.2 Å². The fourth-order valence-corrected chi connectivity index (χ4v) is 6.11. The Morgan fingerprint density at radius 2 is 1.95 bits per heavy atom. The Morgan fingerprint density at radius 1 is 1.18 bits per heavy atom. The predicted octanol–water partition coefficient (Wildman–Crippen LogP) is 5.52. The first-order valence-corrected chi connectivity index (χ1v) is 13.2. The lowest BCUT2D eigenvalue weighted by Crippen LogP contribution is -2.14. The molecule has 2 saturated carbocycles. The maximum absolute atomic E-state index is 16.7. The number of halogens is 2. The number of aromatic hydroxyl groups is 1. The fraction of sp³-hybridized carbons (Fsp3) is 0.400. The van der Waals surface area contributed by atoms with Crippen LogP contribution in [0.4, 0.5) is 8.78 Å². The molecule has 194 valence electrons. The topological polar surface area (TPSA) is 72.2 Å². The Labute approximate surface area is 219 Å². The molecule has 0 amide bonds. The molecule has 6 nitrogen and oxygen atoms in total. The van der Waals surface area contributed by atoms with Gasteiger partial charge in [-0.2, -0.15) is 5.10 Å². The van der Waals surface area contributed by atoms with Gasteiger partial charge < -0.3 is 15.2 Å².